The number of aryl methyl sites for hydroxylation is 1. The Morgan fingerprint density at radius 3 is 2.61 bits per heavy atom. The van der Waals surface area contributed by atoms with Crippen molar-refractivity contribution in [2.24, 2.45) is 10.8 Å². The van der Waals surface area contributed by atoms with Crippen molar-refractivity contribution in [1.29, 1.82) is 0 Å². The Labute approximate surface area is 109 Å². The average Bonchev–Trinajstić information content (AvgIpc) is 2.41. The van der Waals surface area contributed by atoms with Crippen LogP contribution in [0.5, 0.6) is 0 Å². The SMILES string of the molecule is Cc1cccc(C(=NC2CCCCC2)NN)c1C. The van der Waals surface area contributed by atoms with Crippen LogP contribution in [0.1, 0.15) is 48.8 Å². The predicted molar refractivity (Wildman–Crippen MR) is 76.6 cm³/mol. The zero-order valence-corrected chi connectivity index (χ0v) is 11.4. The second-order valence-corrected chi connectivity index (χ2v) is 5.16. The summed E-state index contributed by atoms with van der Waals surface area (Å²) in [5, 5.41) is 0. The van der Waals surface area contributed by atoms with Gasteiger partial charge in [0.25, 0.3) is 0 Å². The van der Waals surface area contributed by atoms with Gasteiger partial charge >= 0.3 is 0 Å². The van der Waals surface area contributed by atoms with E-state index in [1.807, 2.05) is 0 Å². The zero-order valence-electron chi connectivity index (χ0n) is 11.4. The first-order chi connectivity index (χ1) is 8.72. The highest BCUT2D eigenvalue weighted by atomic mass is 15.3. The summed E-state index contributed by atoms with van der Waals surface area (Å²) in [7, 11) is 0. The van der Waals surface area contributed by atoms with Gasteiger partial charge in [0.1, 0.15) is 5.84 Å². The standard InChI is InChI=1S/C15H23N3/c1-11-7-6-10-14(12(11)2)15(18-16)17-13-8-4-3-5-9-13/h6-7,10,13H,3-5,8-9,16H2,1-2H3,(H,17,18). The van der Waals surface area contributed by atoms with Crippen molar-refractivity contribution in [2.45, 2.75) is 52.0 Å². The van der Waals surface area contributed by atoms with E-state index in [0.717, 1.165) is 11.4 Å². The topological polar surface area (TPSA) is 50.4 Å². The van der Waals surface area contributed by atoms with E-state index in [4.69, 9.17) is 10.8 Å². The number of hydrogen-bond acceptors (Lipinski definition) is 2. The van der Waals surface area contributed by atoms with Gasteiger partial charge < -0.3 is 5.43 Å². The Morgan fingerprint density at radius 2 is 1.94 bits per heavy atom. The third kappa shape index (κ3) is 2.91. The molecule has 1 saturated carbocycles. The summed E-state index contributed by atoms with van der Waals surface area (Å²) in [5.41, 5.74) is 6.44. The molecule has 18 heavy (non-hydrogen) atoms. The van der Waals surface area contributed by atoms with Crippen molar-refractivity contribution in [2.75, 3.05) is 0 Å². The third-order valence-corrected chi connectivity index (χ3v) is 3.88. The largest absolute Gasteiger partial charge is 0.308 e. The van der Waals surface area contributed by atoms with E-state index in [1.54, 1.807) is 0 Å². The van der Waals surface area contributed by atoms with Crippen LogP contribution in [0.15, 0.2) is 23.2 Å². The molecule has 3 nitrogen and oxygen atoms in total. The molecule has 2 rings (SSSR count). The van der Waals surface area contributed by atoms with Crippen LogP contribution in [0.4, 0.5) is 0 Å². The third-order valence-electron chi connectivity index (χ3n) is 3.88. The fraction of sp³-hybridized carbons (Fsp3) is 0.533. The molecular formula is C15H23N3. The predicted octanol–water partition coefficient (Wildman–Crippen LogP) is 2.85. The van der Waals surface area contributed by atoms with Crippen molar-refractivity contribution in [1.82, 2.24) is 5.43 Å². The first-order valence-corrected chi connectivity index (χ1v) is 6.83. The van der Waals surface area contributed by atoms with Gasteiger partial charge in [0.2, 0.25) is 0 Å². The molecule has 0 radical (unpaired) electrons. The maximum absolute atomic E-state index is 5.66. The van der Waals surface area contributed by atoms with Crippen molar-refractivity contribution in [3.63, 3.8) is 0 Å². The summed E-state index contributed by atoms with van der Waals surface area (Å²) < 4.78 is 0. The fourth-order valence-electron chi connectivity index (χ4n) is 2.58. The van der Waals surface area contributed by atoms with E-state index >= 15 is 0 Å². The Hall–Kier alpha value is -1.35. The zero-order chi connectivity index (χ0) is 13.0. The summed E-state index contributed by atoms with van der Waals surface area (Å²) in [5.74, 6) is 6.50. The average molecular weight is 245 g/mol. The van der Waals surface area contributed by atoms with E-state index in [9.17, 15) is 0 Å². The Kier molecular flexibility index (Phi) is 4.37. The van der Waals surface area contributed by atoms with Gasteiger partial charge in [0.05, 0.1) is 6.04 Å². The number of nitrogens with one attached hydrogen (secondary N) is 1. The normalized spacial score (nSPS) is 17.8. The van der Waals surface area contributed by atoms with Crippen LogP contribution in [0.25, 0.3) is 0 Å². The van der Waals surface area contributed by atoms with Gasteiger partial charge in [-0.1, -0.05) is 37.5 Å². The molecule has 0 amide bonds. The molecule has 0 atom stereocenters. The molecular weight excluding hydrogens is 222 g/mol. The second-order valence-electron chi connectivity index (χ2n) is 5.16. The Bertz CT molecular complexity index is 431. The van der Waals surface area contributed by atoms with Crippen LogP contribution in [0, 0.1) is 13.8 Å². The number of hydrogen-bond donors (Lipinski definition) is 2. The van der Waals surface area contributed by atoms with Gasteiger partial charge in [-0.15, -0.1) is 0 Å². The van der Waals surface area contributed by atoms with Gasteiger partial charge in [0, 0.05) is 5.56 Å². The molecule has 3 heteroatoms. The summed E-state index contributed by atoms with van der Waals surface area (Å²) in [4.78, 5) is 4.81. The molecule has 1 aromatic rings. The molecule has 3 N–H and O–H groups in total. The quantitative estimate of drug-likeness (QED) is 0.364. The van der Waals surface area contributed by atoms with Crippen LogP contribution in [-0.2, 0) is 0 Å². The van der Waals surface area contributed by atoms with Crippen LogP contribution >= 0.6 is 0 Å². The van der Waals surface area contributed by atoms with Crippen molar-refractivity contribution in [3.05, 3.63) is 34.9 Å². The molecule has 1 aliphatic carbocycles. The van der Waals surface area contributed by atoms with E-state index in [0.29, 0.717) is 6.04 Å². The smallest absolute Gasteiger partial charge is 0.143 e. The highest BCUT2D eigenvalue weighted by molar-refractivity contribution is 6.00. The van der Waals surface area contributed by atoms with Gasteiger partial charge in [-0.25, -0.2) is 5.84 Å². The molecule has 1 aromatic carbocycles. The van der Waals surface area contributed by atoms with E-state index in [-0.39, 0.29) is 0 Å². The summed E-state index contributed by atoms with van der Waals surface area (Å²) in [6.07, 6.45) is 6.31. The molecule has 1 aliphatic rings. The van der Waals surface area contributed by atoms with E-state index in [1.165, 1.54) is 43.2 Å². The number of hydrazine groups is 1. The molecule has 1 fully saturated rings. The number of nitrogens with zero attached hydrogens (tertiary/aromatic N) is 1. The number of amidine groups is 1. The molecule has 0 heterocycles. The molecule has 0 bridgehead atoms. The van der Waals surface area contributed by atoms with Crippen molar-refractivity contribution >= 4 is 5.84 Å². The molecule has 0 saturated heterocycles. The molecule has 0 aromatic heterocycles. The number of nitrogens with two attached hydrogens (primary N) is 1. The maximum atomic E-state index is 5.66. The molecule has 0 spiro atoms. The number of benzene rings is 1. The Morgan fingerprint density at radius 1 is 1.22 bits per heavy atom. The minimum atomic E-state index is 0.435. The number of rotatable bonds is 2. The van der Waals surface area contributed by atoms with Gasteiger partial charge in [0.15, 0.2) is 0 Å². The van der Waals surface area contributed by atoms with Crippen LogP contribution < -0.4 is 11.3 Å². The second kappa shape index (κ2) is 6.01. The van der Waals surface area contributed by atoms with Crippen molar-refractivity contribution < 1.29 is 0 Å². The van der Waals surface area contributed by atoms with Gasteiger partial charge in [-0.05, 0) is 37.8 Å². The number of aliphatic imine (C=N–C) groups is 1. The lowest BCUT2D eigenvalue weighted by atomic mass is 9.95. The fourth-order valence-corrected chi connectivity index (χ4v) is 2.58. The highest BCUT2D eigenvalue weighted by Crippen LogP contribution is 2.21. The molecule has 0 unspecified atom stereocenters. The van der Waals surface area contributed by atoms with Crippen LogP contribution in [0.3, 0.4) is 0 Å². The maximum Gasteiger partial charge on any atom is 0.143 e. The van der Waals surface area contributed by atoms with Gasteiger partial charge in [-0.3, -0.25) is 4.99 Å². The summed E-state index contributed by atoms with van der Waals surface area (Å²) in [6, 6.07) is 6.70. The van der Waals surface area contributed by atoms with E-state index in [2.05, 4.69) is 37.5 Å². The Balaban J connectivity index is 2.26. The van der Waals surface area contributed by atoms with Crippen LogP contribution in [-0.4, -0.2) is 11.9 Å². The van der Waals surface area contributed by atoms with E-state index < -0.39 is 0 Å². The minimum absolute atomic E-state index is 0.435. The highest BCUT2D eigenvalue weighted by Gasteiger charge is 2.14. The lowest BCUT2D eigenvalue weighted by Gasteiger charge is -2.20. The first kappa shape index (κ1) is 13.1. The van der Waals surface area contributed by atoms with Gasteiger partial charge in [-0.2, -0.15) is 0 Å². The van der Waals surface area contributed by atoms with Crippen LogP contribution in [0.2, 0.25) is 0 Å². The summed E-state index contributed by atoms with van der Waals surface area (Å²) in [6.45, 7) is 4.24. The lowest BCUT2D eigenvalue weighted by Crippen LogP contribution is -2.33. The van der Waals surface area contributed by atoms with Crippen molar-refractivity contribution in [3.8, 4) is 0 Å². The molecule has 98 valence electrons. The summed E-state index contributed by atoms with van der Waals surface area (Å²) >= 11 is 0. The minimum Gasteiger partial charge on any atom is -0.308 e. The molecule has 0 aliphatic heterocycles. The monoisotopic (exact) mass is 245 g/mol. The first-order valence-electron chi connectivity index (χ1n) is 6.83. The lowest BCUT2D eigenvalue weighted by molar-refractivity contribution is 0.442.